The third-order valence-electron chi connectivity index (χ3n) is 6.42. The number of carbonyl (C=O) groups is 3. The Kier molecular flexibility index (Phi) is 9.05. The predicted octanol–water partition coefficient (Wildman–Crippen LogP) is 2.17. The maximum atomic E-state index is 13.4. The third kappa shape index (κ3) is 6.77. The topological polar surface area (TPSA) is 140 Å². The molecule has 216 valence electrons. The highest BCUT2D eigenvalue weighted by Gasteiger charge is 2.52. The van der Waals surface area contributed by atoms with E-state index in [-0.39, 0.29) is 43.6 Å². The number of urea groups is 1. The number of hydrogen-bond donors (Lipinski definition) is 2. The molecule has 0 saturated carbocycles. The largest absolute Gasteiger partial charge is 0.460 e. The van der Waals surface area contributed by atoms with Gasteiger partial charge in [-0.1, -0.05) is 30.3 Å². The Morgan fingerprint density at radius 1 is 1.20 bits per heavy atom. The molecule has 2 bridgehead atoms. The smallest absolute Gasteiger partial charge is 0.345 e. The van der Waals surface area contributed by atoms with Crippen LogP contribution in [0.3, 0.4) is 0 Å². The molecule has 13 heteroatoms. The standard InChI is InChI=1S/C27H37N7O6/c1-27(2,3)40-22(36)12-9-13-29-21(35)17-38-31-25(28-4)24-23-19(14-30-32(23)5)20-15-33(24)26(37)34(20)39-16-18-10-7-6-8-11-18/h6-8,10-11,14,20,24H,9,12-13,15-17H2,1-5H3,(H,28,31)(H,29,35)/t20-,24-/m0/s1. The molecule has 0 spiro atoms. The molecular weight excluding hydrogens is 518 g/mol. The maximum Gasteiger partial charge on any atom is 0.345 e. The van der Waals surface area contributed by atoms with E-state index in [9.17, 15) is 14.4 Å². The van der Waals surface area contributed by atoms with E-state index in [0.29, 0.717) is 25.3 Å². The number of hydrogen-bond acceptors (Lipinski definition) is 8. The molecule has 3 amide bonds. The molecule has 2 aromatic rings. The van der Waals surface area contributed by atoms with Crippen molar-refractivity contribution >= 4 is 23.7 Å². The number of rotatable bonds is 11. The Labute approximate surface area is 233 Å². The van der Waals surface area contributed by atoms with E-state index >= 15 is 0 Å². The molecule has 4 rings (SSSR count). The molecule has 3 heterocycles. The highest BCUT2D eigenvalue weighted by molar-refractivity contribution is 5.93. The number of esters is 1. The molecule has 1 saturated heterocycles. The summed E-state index contributed by atoms with van der Waals surface area (Å²) < 4.78 is 6.96. The molecule has 1 aromatic carbocycles. The quantitative estimate of drug-likeness (QED) is 0.141. The van der Waals surface area contributed by atoms with Crippen molar-refractivity contribution in [3.8, 4) is 0 Å². The number of fused-ring (bicyclic) bond motifs is 4. The number of carbonyl (C=O) groups excluding carboxylic acids is 3. The number of hydroxylamine groups is 3. The lowest BCUT2D eigenvalue weighted by molar-refractivity contribution is -0.155. The van der Waals surface area contributed by atoms with Gasteiger partial charge in [0, 0.05) is 32.6 Å². The molecule has 2 aliphatic heterocycles. The second-order valence-electron chi connectivity index (χ2n) is 10.6. The summed E-state index contributed by atoms with van der Waals surface area (Å²) in [4.78, 5) is 54.9. The molecule has 1 aromatic heterocycles. The summed E-state index contributed by atoms with van der Waals surface area (Å²) in [5.74, 6) is -0.331. The average Bonchev–Trinajstić information content (AvgIpc) is 3.42. The highest BCUT2D eigenvalue weighted by atomic mass is 16.7. The fourth-order valence-electron chi connectivity index (χ4n) is 4.69. The van der Waals surface area contributed by atoms with Gasteiger partial charge < -0.3 is 15.0 Å². The van der Waals surface area contributed by atoms with E-state index in [1.807, 2.05) is 30.3 Å². The number of nitrogens with zero attached hydrogens (tertiary/aromatic N) is 5. The molecule has 0 radical (unpaired) electrons. The van der Waals surface area contributed by atoms with Gasteiger partial charge in [-0.25, -0.2) is 4.79 Å². The minimum absolute atomic E-state index is 0.203. The van der Waals surface area contributed by atoms with Crippen molar-refractivity contribution in [2.75, 3.05) is 26.7 Å². The lowest BCUT2D eigenvalue weighted by Gasteiger charge is -2.32. The normalized spacial score (nSPS) is 18.5. The SMILES string of the molecule is CN=C(NOCC(=O)NCCCC(=O)OC(C)(C)C)[C@@H]1c2c(cnn2C)[C@@H]2CN1C(=O)N2OCc1ccccc1. The van der Waals surface area contributed by atoms with E-state index in [1.54, 1.807) is 50.6 Å². The van der Waals surface area contributed by atoms with Crippen LogP contribution in [0.4, 0.5) is 4.79 Å². The first-order valence-corrected chi connectivity index (χ1v) is 13.2. The zero-order chi connectivity index (χ0) is 28.9. The number of ether oxygens (including phenoxy) is 1. The Morgan fingerprint density at radius 3 is 2.65 bits per heavy atom. The molecule has 1 fully saturated rings. The van der Waals surface area contributed by atoms with Crippen LogP contribution in [0.1, 0.15) is 62.5 Å². The summed E-state index contributed by atoms with van der Waals surface area (Å²) in [7, 11) is 3.38. The number of nitrogens with one attached hydrogen (secondary N) is 2. The van der Waals surface area contributed by atoms with Crippen LogP contribution in [-0.4, -0.2) is 75.8 Å². The van der Waals surface area contributed by atoms with Gasteiger partial charge >= 0.3 is 12.0 Å². The van der Waals surface area contributed by atoms with Crippen LogP contribution in [0.2, 0.25) is 0 Å². The van der Waals surface area contributed by atoms with Crippen LogP contribution in [0.15, 0.2) is 41.5 Å². The fraction of sp³-hybridized carbons (Fsp3) is 0.519. The van der Waals surface area contributed by atoms with E-state index in [1.165, 1.54) is 5.06 Å². The van der Waals surface area contributed by atoms with Crippen molar-refractivity contribution in [2.24, 2.45) is 12.0 Å². The Balaban J connectivity index is 1.32. The van der Waals surface area contributed by atoms with Gasteiger partial charge in [0.15, 0.2) is 6.61 Å². The summed E-state index contributed by atoms with van der Waals surface area (Å²) in [6, 6.07) is 8.40. The van der Waals surface area contributed by atoms with Gasteiger partial charge in [-0.2, -0.15) is 10.2 Å². The molecule has 2 aliphatic rings. The number of aliphatic imine (C=N–C) groups is 1. The van der Waals surface area contributed by atoms with E-state index in [4.69, 9.17) is 14.4 Å². The molecule has 0 aliphatic carbocycles. The molecule has 13 nitrogen and oxygen atoms in total. The van der Waals surface area contributed by atoms with Crippen LogP contribution >= 0.6 is 0 Å². The van der Waals surface area contributed by atoms with Gasteiger partial charge in [0.25, 0.3) is 0 Å². The van der Waals surface area contributed by atoms with Gasteiger partial charge in [0.05, 0.1) is 18.4 Å². The van der Waals surface area contributed by atoms with Crippen molar-refractivity contribution in [3.05, 3.63) is 53.3 Å². The van der Waals surface area contributed by atoms with Crippen molar-refractivity contribution in [1.29, 1.82) is 0 Å². The first kappa shape index (κ1) is 29.0. The average molecular weight is 556 g/mol. The summed E-state index contributed by atoms with van der Waals surface area (Å²) in [6.45, 7) is 6.07. The zero-order valence-electron chi connectivity index (χ0n) is 23.5. The molecule has 2 N–H and O–H groups in total. The van der Waals surface area contributed by atoms with Gasteiger partial charge in [0.2, 0.25) is 5.91 Å². The van der Waals surface area contributed by atoms with Crippen LogP contribution in [0.25, 0.3) is 0 Å². The third-order valence-corrected chi connectivity index (χ3v) is 6.42. The van der Waals surface area contributed by atoms with E-state index < -0.39 is 11.6 Å². The van der Waals surface area contributed by atoms with Crippen LogP contribution in [0.5, 0.6) is 0 Å². The van der Waals surface area contributed by atoms with Crippen molar-refractivity contribution in [1.82, 2.24) is 30.5 Å². The predicted molar refractivity (Wildman–Crippen MR) is 144 cm³/mol. The number of amides is 3. The Bertz CT molecular complexity index is 1240. The summed E-state index contributed by atoms with van der Waals surface area (Å²) in [6.07, 6.45) is 2.39. The van der Waals surface area contributed by atoms with Gasteiger partial charge in [-0.05, 0) is 32.8 Å². The minimum atomic E-state index is -0.613. The Hall–Kier alpha value is -3.97. The second kappa shape index (κ2) is 12.5. The fourth-order valence-corrected chi connectivity index (χ4v) is 4.69. The second-order valence-corrected chi connectivity index (χ2v) is 10.6. The number of amidine groups is 1. The van der Waals surface area contributed by atoms with Gasteiger partial charge in [-0.3, -0.25) is 34.4 Å². The summed E-state index contributed by atoms with van der Waals surface area (Å²) >= 11 is 0. The molecule has 40 heavy (non-hydrogen) atoms. The maximum absolute atomic E-state index is 13.4. The monoisotopic (exact) mass is 555 g/mol. The minimum Gasteiger partial charge on any atom is -0.460 e. The van der Waals surface area contributed by atoms with Crippen LogP contribution in [-0.2, 0) is 37.7 Å². The zero-order valence-corrected chi connectivity index (χ0v) is 23.5. The van der Waals surface area contributed by atoms with Crippen molar-refractivity contribution < 1.29 is 28.8 Å². The summed E-state index contributed by atoms with van der Waals surface area (Å²) in [5, 5.41) is 8.52. The van der Waals surface area contributed by atoms with Crippen molar-refractivity contribution in [3.63, 3.8) is 0 Å². The van der Waals surface area contributed by atoms with E-state index in [0.717, 1.165) is 16.8 Å². The molecule has 0 unspecified atom stereocenters. The van der Waals surface area contributed by atoms with Crippen LogP contribution < -0.4 is 10.8 Å². The molecule has 2 atom stereocenters. The van der Waals surface area contributed by atoms with Crippen molar-refractivity contribution in [2.45, 2.75) is 57.9 Å². The highest BCUT2D eigenvalue weighted by Crippen LogP contribution is 2.44. The molecular formula is C27H37N7O6. The lowest BCUT2D eigenvalue weighted by atomic mass is 9.97. The van der Waals surface area contributed by atoms with Gasteiger partial charge in [-0.15, -0.1) is 0 Å². The van der Waals surface area contributed by atoms with Gasteiger partial charge in [0.1, 0.15) is 30.1 Å². The van der Waals surface area contributed by atoms with E-state index in [2.05, 4.69) is 20.9 Å². The lowest BCUT2D eigenvalue weighted by Crippen LogP contribution is -2.45. The first-order chi connectivity index (χ1) is 19.1. The number of aromatic nitrogens is 2. The number of aryl methyl sites for hydroxylation is 1. The number of benzene rings is 1. The first-order valence-electron chi connectivity index (χ1n) is 13.2. The summed E-state index contributed by atoms with van der Waals surface area (Å²) in [5.41, 5.74) is 4.80. The Morgan fingerprint density at radius 2 is 1.95 bits per heavy atom. The van der Waals surface area contributed by atoms with Crippen LogP contribution in [0, 0.1) is 0 Å².